The number of aromatic nitrogens is 2. The molecule has 0 aliphatic carbocycles. The second-order valence-corrected chi connectivity index (χ2v) is 5.42. The lowest BCUT2D eigenvalue weighted by Gasteiger charge is -2.08. The van der Waals surface area contributed by atoms with Crippen molar-refractivity contribution in [3.8, 4) is 11.4 Å². The molecule has 112 valence electrons. The molecule has 21 heavy (non-hydrogen) atoms. The van der Waals surface area contributed by atoms with Gasteiger partial charge in [-0.05, 0) is 36.5 Å². The van der Waals surface area contributed by atoms with Crippen molar-refractivity contribution < 1.29 is 13.2 Å². The largest absolute Gasteiger partial charge is 0.416 e. The average Bonchev–Trinajstić information content (AvgIpc) is 2.45. The van der Waals surface area contributed by atoms with Crippen molar-refractivity contribution in [2.75, 3.05) is 0 Å². The molecule has 0 aliphatic rings. The SMILES string of the molecule is CC(C)CCc1cnc(-c2ccc(C(F)(F)F)cc2)nc1. The second-order valence-electron chi connectivity index (χ2n) is 5.42. The third-order valence-electron chi connectivity index (χ3n) is 3.19. The van der Waals surface area contributed by atoms with Crippen LogP contribution in [0.5, 0.6) is 0 Å². The van der Waals surface area contributed by atoms with E-state index in [-0.39, 0.29) is 0 Å². The molecule has 5 heteroatoms. The quantitative estimate of drug-likeness (QED) is 0.813. The van der Waals surface area contributed by atoms with Crippen LogP contribution in [0.3, 0.4) is 0 Å². The zero-order chi connectivity index (χ0) is 15.5. The van der Waals surface area contributed by atoms with Crippen molar-refractivity contribution in [1.29, 1.82) is 0 Å². The summed E-state index contributed by atoms with van der Waals surface area (Å²) in [5.74, 6) is 1.05. The molecule has 0 saturated heterocycles. The van der Waals surface area contributed by atoms with E-state index in [9.17, 15) is 13.2 Å². The minimum atomic E-state index is -4.32. The third-order valence-corrected chi connectivity index (χ3v) is 3.19. The summed E-state index contributed by atoms with van der Waals surface area (Å²) in [6.45, 7) is 4.30. The van der Waals surface area contributed by atoms with Crippen LogP contribution >= 0.6 is 0 Å². The third kappa shape index (κ3) is 4.28. The maximum Gasteiger partial charge on any atom is 0.416 e. The molecule has 1 heterocycles. The van der Waals surface area contributed by atoms with Crippen molar-refractivity contribution in [3.63, 3.8) is 0 Å². The molecule has 1 aromatic heterocycles. The van der Waals surface area contributed by atoms with Crippen molar-refractivity contribution in [2.24, 2.45) is 5.92 Å². The van der Waals surface area contributed by atoms with Gasteiger partial charge in [-0.3, -0.25) is 0 Å². The van der Waals surface area contributed by atoms with Gasteiger partial charge in [-0.2, -0.15) is 13.2 Å². The second kappa shape index (κ2) is 6.24. The summed E-state index contributed by atoms with van der Waals surface area (Å²) in [4.78, 5) is 8.45. The highest BCUT2D eigenvalue weighted by Gasteiger charge is 2.30. The first-order valence-electron chi connectivity index (χ1n) is 6.85. The number of rotatable bonds is 4. The summed E-state index contributed by atoms with van der Waals surface area (Å²) < 4.78 is 37.5. The summed E-state index contributed by atoms with van der Waals surface area (Å²) in [5, 5.41) is 0. The first kappa shape index (κ1) is 15.5. The number of aryl methyl sites for hydroxylation is 1. The average molecular weight is 294 g/mol. The summed E-state index contributed by atoms with van der Waals surface area (Å²) in [6.07, 6.45) is 1.12. The lowest BCUT2D eigenvalue weighted by Crippen LogP contribution is -2.04. The Balaban J connectivity index is 2.11. The lowest BCUT2D eigenvalue weighted by atomic mass is 10.0. The Hall–Kier alpha value is -1.91. The Morgan fingerprint density at radius 2 is 1.57 bits per heavy atom. The fourth-order valence-electron chi connectivity index (χ4n) is 1.90. The molecule has 1 aromatic carbocycles. The Labute approximate surface area is 122 Å². The summed E-state index contributed by atoms with van der Waals surface area (Å²) in [5.41, 5.74) is 0.956. The molecular weight excluding hydrogens is 277 g/mol. The molecule has 0 atom stereocenters. The molecule has 0 saturated carbocycles. The van der Waals surface area contributed by atoms with Gasteiger partial charge in [0.05, 0.1) is 5.56 Å². The Kier molecular flexibility index (Phi) is 4.60. The molecule has 2 nitrogen and oxygen atoms in total. The normalized spacial score (nSPS) is 11.9. The van der Waals surface area contributed by atoms with Gasteiger partial charge in [-0.15, -0.1) is 0 Å². The van der Waals surface area contributed by atoms with Crippen molar-refractivity contribution in [2.45, 2.75) is 32.9 Å². The van der Waals surface area contributed by atoms with Gasteiger partial charge in [-0.25, -0.2) is 9.97 Å². The van der Waals surface area contributed by atoms with Crippen molar-refractivity contribution in [1.82, 2.24) is 9.97 Å². The van der Waals surface area contributed by atoms with Gasteiger partial charge in [0.2, 0.25) is 0 Å². The molecule has 2 rings (SSSR count). The first-order chi connectivity index (χ1) is 9.86. The fourth-order valence-corrected chi connectivity index (χ4v) is 1.90. The van der Waals surface area contributed by atoms with Crippen LogP contribution in [-0.2, 0) is 12.6 Å². The molecule has 0 amide bonds. The lowest BCUT2D eigenvalue weighted by molar-refractivity contribution is -0.137. The van der Waals surface area contributed by atoms with Gasteiger partial charge < -0.3 is 0 Å². The Morgan fingerprint density at radius 1 is 1.00 bits per heavy atom. The zero-order valence-corrected chi connectivity index (χ0v) is 12.0. The molecule has 0 spiro atoms. The molecule has 0 N–H and O–H groups in total. The van der Waals surface area contributed by atoms with Crippen LogP contribution in [0.25, 0.3) is 11.4 Å². The van der Waals surface area contributed by atoms with E-state index in [1.54, 1.807) is 12.4 Å². The van der Waals surface area contributed by atoms with Gasteiger partial charge in [0, 0.05) is 18.0 Å². The van der Waals surface area contributed by atoms with Crippen LogP contribution < -0.4 is 0 Å². The topological polar surface area (TPSA) is 25.8 Å². The number of hydrogen-bond acceptors (Lipinski definition) is 2. The minimum Gasteiger partial charge on any atom is -0.236 e. The highest BCUT2D eigenvalue weighted by atomic mass is 19.4. The van der Waals surface area contributed by atoms with E-state index in [4.69, 9.17) is 0 Å². The van der Waals surface area contributed by atoms with E-state index in [1.807, 2.05) is 0 Å². The minimum absolute atomic E-state index is 0.442. The maximum absolute atomic E-state index is 12.5. The van der Waals surface area contributed by atoms with E-state index >= 15 is 0 Å². The standard InChI is InChI=1S/C16H17F3N2/c1-11(2)3-4-12-9-20-15(21-10-12)13-5-7-14(8-6-13)16(17,18)19/h5-11H,3-4H2,1-2H3. The van der Waals surface area contributed by atoms with Crippen LogP contribution in [0.1, 0.15) is 31.4 Å². The number of halogens is 3. The molecule has 0 radical (unpaired) electrons. The monoisotopic (exact) mass is 294 g/mol. The number of nitrogens with zero attached hydrogens (tertiary/aromatic N) is 2. The highest BCUT2D eigenvalue weighted by molar-refractivity contribution is 5.55. The molecule has 0 bridgehead atoms. The van der Waals surface area contributed by atoms with Crippen molar-refractivity contribution in [3.05, 3.63) is 47.8 Å². The van der Waals surface area contributed by atoms with Crippen LogP contribution in [0.2, 0.25) is 0 Å². The molecule has 0 unspecified atom stereocenters. The van der Waals surface area contributed by atoms with E-state index < -0.39 is 11.7 Å². The predicted octanol–water partition coefficient (Wildman–Crippen LogP) is 4.75. The van der Waals surface area contributed by atoms with Gasteiger partial charge >= 0.3 is 6.18 Å². The predicted molar refractivity (Wildman–Crippen MR) is 75.6 cm³/mol. The number of alkyl halides is 3. The van der Waals surface area contributed by atoms with Gasteiger partial charge in [0.25, 0.3) is 0 Å². The van der Waals surface area contributed by atoms with Crippen LogP contribution in [0.15, 0.2) is 36.7 Å². The van der Waals surface area contributed by atoms with E-state index in [0.29, 0.717) is 17.3 Å². The Morgan fingerprint density at radius 3 is 2.05 bits per heavy atom. The van der Waals surface area contributed by atoms with Gasteiger partial charge in [0.15, 0.2) is 5.82 Å². The van der Waals surface area contributed by atoms with Crippen LogP contribution in [0.4, 0.5) is 13.2 Å². The molecule has 0 fully saturated rings. The number of hydrogen-bond donors (Lipinski definition) is 0. The number of benzene rings is 1. The first-order valence-corrected chi connectivity index (χ1v) is 6.85. The highest BCUT2D eigenvalue weighted by Crippen LogP contribution is 2.30. The fraction of sp³-hybridized carbons (Fsp3) is 0.375. The van der Waals surface area contributed by atoms with Crippen LogP contribution in [0, 0.1) is 5.92 Å². The van der Waals surface area contributed by atoms with E-state index in [0.717, 1.165) is 30.5 Å². The molecule has 0 aliphatic heterocycles. The summed E-state index contributed by atoms with van der Waals surface area (Å²) >= 11 is 0. The Bertz CT molecular complexity index is 572. The summed E-state index contributed by atoms with van der Waals surface area (Å²) in [6, 6.07) is 4.88. The molecule has 2 aromatic rings. The van der Waals surface area contributed by atoms with Gasteiger partial charge in [0.1, 0.15) is 0 Å². The zero-order valence-electron chi connectivity index (χ0n) is 12.0. The van der Waals surface area contributed by atoms with Gasteiger partial charge in [-0.1, -0.05) is 26.0 Å². The maximum atomic E-state index is 12.5. The van der Waals surface area contributed by atoms with Crippen LogP contribution in [-0.4, -0.2) is 9.97 Å². The van der Waals surface area contributed by atoms with Crippen molar-refractivity contribution >= 4 is 0 Å². The molecular formula is C16H17F3N2. The van der Waals surface area contributed by atoms with E-state index in [1.165, 1.54) is 12.1 Å². The smallest absolute Gasteiger partial charge is 0.236 e. The van der Waals surface area contributed by atoms with E-state index in [2.05, 4.69) is 23.8 Å². The summed E-state index contributed by atoms with van der Waals surface area (Å²) in [7, 11) is 0.